The molecule has 5 heteroatoms. The molecular formula is C13H14BrN3O. The number of pyridine rings is 1. The maximum atomic E-state index is 5.70. The number of halogens is 1. The number of aryl methyl sites for hydroxylation is 1. The van der Waals surface area contributed by atoms with Gasteiger partial charge in [0.2, 0.25) is 0 Å². The summed E-state index contributed by atoms with van der Waals surface area (Å²) < 4.78 is 6.50. The molecule has 0 unspecified atom stereocenters. The average molecular weight is 308 g/mol. The largest absolute Gasteiger partial charge is 0.376 e. The Balaban J connectivity index is 2.44. The average Bonchev–Trinajstić information content (AvgIpc) is 2.41. The van der Waals surface area contributed by atoms with Crippen LogP contribution in [0.3, 0.4) is 0 Å². The first kappa shape index (κ1) is 11.9. The van der Waals surface area contributed by atoms with Gasteiger partial charge in [0.1, 0.15) is 0 Å². The van der Waals surface area contributed by atoms with Crippen molar-refractivity contribution in [3.63, 3.8) is 0 Å². The Labute approximate surface area is 114 Å². The van der Waals surface area contributed by atoms with E-state index in [1.54, 1.807) is 0 Å². The number of fused-ring (bicyclic) bond motifs is 2. The van der Waals surface area contributed by atoms with Crippen molar-refractivity contribution in [1.29, 1.82) is 0 Å². The molecule has 2 aromatic rings. The molecule has 1 aromatic carbocycles. The van der Waals surface area contributed by atoms with E-state index in [0.717, 1.165) is 50.9 Å². The molecule has 0 saturated heterocycles. The molecule has 2 heterocycles. The molecule has 1 aliphatic rings. The van der Waals surface area contributed by atoms with E-state index in [1.807, 2.05) is 6.07 Å². The fourth-order valence-corrected chi connectivity index (χ4v) is 2.93. The quantitative estimate of drug-likeness (QED) is 0.628. The summed E-state index contributed by atoms with van der Waals surface area (Å²) in [7, 11) is 0. The van der Waals surface area contributed by atoms with Gasteiger partial charge in [0.25, 0.3) is 0 Å². The first-order chi connectivity index (χ1) is 8.72. The van der Waals surface area contributed by atoms with Gasteiger partial charge >= 0.3 is 0 Å². The summed E-state index contributed by atoms with van der Waals surface area (Å²) in [5.41, 5.74) is 8.05. The topological polar surface area (TPSA) is 60.2 Å². The molecule has 1 aliphatic heterocycles. The van der Waals surface area contributed by atoms with Gasteiger partial charge in [0.05, 0.1) is 30.1 Å². The maximum absolute atomic E-state index is 5.70. The van der Waals surface area contributed by atoms with Gasteiger partial charge in [0, 0.05) is 21.8 Å². The summed E-state index contributed by atoms with van der Waals surface area (Å²) in [5, 5.41) is 1.03. The van der Waals surface area contributed by atoms with Crippen LogP contribution in [0.25, 0.3) is 10.9 Å². The predicted octanol–water partition coefficient (Wildman–Crippen LogP) is 2.66. The number of rotatable bonds is 1. The van der Waals surface area contributed by atoms with Crippen LogP contribution >= 0.6 is 15.9 Å². The van der Waals surface area contributed by atoms with E-state index in [9.17, 15) is 0 Å². The van der Waals surface area contributed by atoms with E-state index in [1.165, 1.54) is 0 Å². The van der Waals surface area contributed by atoms with Crippen LogP contribution in [-0.4, -0.2) is 11.6 Å². The lowest BCUT2D eigenvalue weighted by Crippen LogP contribution is -2.18. The van der Waals surface area contributed by atoms with Gasteiger partial charge in [-0.05, 0) is 18.6 Å². The molecule has 3 N–H and O–H groups in total. The number of hydrogen-bond donors (Lipinski definition) is 2. The monoisotopic (exact) mass is 307 g/mol. The first-order valence-electron chi connectivity index (χ1n) is 5.87. The van der Waals surface area contributed by atoms with Crippen molar-refractivity contribution in [2.24, 2.45) is 5.84 Å². The second-order valence-corrected chi connectivity index (χ2v) is 5.30. The number of hydrogen-bond acceptors (Lipinski definition) is 4. The van der Waals surface area contributed by atoms with E-state index >= 15 is 0 Å². The Morgan fingerprint density at radius 2 is 2.28 bits per heavy atom. The van der Waals surface area contributed by atoms with Crippen LogP contribution in [0.5, 0.6) is 0 Å². The van der Waals surface area contributed by atoms with Crippen LogP contribution in [-0.2, 0) is 17.8 Å². The minimum absolute atomic E-state index is 0.568. The molecule has 4 nitrogen and oxygen atoms in total. The number of ether oxygens (including phenoxy) is 1. The van der Waals surface area contributed by atoms with E-state index < -0.39 is 0 Å². The fraction of sp³-hybridized carbons (Fsp3) is 0.308. The summed E-state index contributed by atoms with van der Waals surface area (Å²) in [6.07, 6.45) is 0.839. The Morgan fingerprint density at radius 1 is 1.44 bits per heavy atom. The van der Waals surface area contributed by atoms with Gasteiger partial charge in [-0.3, -0.25) is 10.8 Å². The second kappa shape index (κ2) is 4.50. The molecule has 0 atom stereocenters. The van der Waals surface area contributed by atoms with E-state index in [4.69, 9.17) is 15.6 Å². The number of nitrogen functional groups attached to an aromatic ring is 1. The van der Waals surface area contributed by atoms with Crippen molar-refractivity contribution in [1.82, 2.24) is 4.98 Å². The smallest absolute Gasteiger partial charge is 0.0767 e. The van der Waals surface area contributed by atoms with Gasteiger partial charge in [0.15, 0.2) is 0 Å². The van der Waals surface area contributed by atoms with Crippen molar-refractivity contribution < 1.29 is 4.74 Å². The molecule has 3 rings (SSSR count). The molecule has 18 heavy (non-hydrogen) atoms. The third kappa shape index (κ3) is 1.70. The van der Waals surface area contributed by atoms with Gasteiger partial charge in [-0.15, -0.1) is 0 Å². The summed E-state index contributed by atoms with van der Waals surface area (Å²) in [4.78, 5) is 4.78. The van der Waals surface area contributed by atoms with Crippen molar-refractivity contribution in [2.75, 3.05) is 12.0 Å². The normalized spacial score (nSPS) is 14.6. The Hall–Kier alpha value is -1.17. The highest BCUT2D eigenvalue weighted by Crippen LogP contribution is 2.36. The number of anilines is 1. The zero-order valence-corrected chi connectivity index (χ0v) is 11.7. The minimum Gasteiger partial charge on any atom is -0.376 e. The Bertz CT molecular complexity index is 627. The highest BCUT2D eigenvalue weighted by molar-refractivity contribution is 9.10. The Kier molecular flexibility index (Phi) is 2.97. The lowest BCUT2D eigenvalue weighted by atomic mass is 10.0. The van der Waals surface area contributed by atoms with Crippen LogP contribution in [0.2, 0.25) is 0 Å². The predicted molar refractivity (Wildman–Crippen MR) is 75.4 cm³/mol. The van der Waals surface area contributed by atoms with E-state index in [-0.39, 0.29) is 0 Å². The number of benzene rings is 1. The highest BCUT2D eigenvalue weighted by Gasteiger charge is 2.20. The molecular weight excluding hydrogens is 294 g/mol. The van der Waals surface area contributed by atoms with Crippen LogP contribution < -0.4 is 11.3 Å². The number of aromatic nitrogens is 1. The molecule has 0 aliphatic carbocycles. The second-order valence-electron chi connectivity index (χ2n) is 4.45. The SMILES string of the molecule is Cc1ccc(Br)c2c(NN)c3c(nc12)CCOC3. The van der Waals surface area contributed by atoms with E-state index in [0.29, 0.717) is 6.61 Å². The molecule has 0 amide bonds. The first-order valence-corrected chi connectivity index (χ1v) is 6.66. The van der Waals surface area contributed by atoms with Crippen molar-refractivity contribution in [3.8, 4) is 0 Å². The molecule has 0 radical (unpaired) electrons. The van der Waals surface area contributed by atoms with Crippen LogP contribution in [0.4, 0.5) is 5.69 Å². The third-order valence-corrected chi connectivity index (χ3v) is 4.01. The fourth-order valence-electron chi connectivity index (χ4n) is 2.41. The summed E-state index contributed by atoms with van der Waals surface area (Å²) in [6.45, 7) is 3.36. The van der Waals surface area contributed by atoms with Crippen molar-refractivity contribution in [3.05, 3.63) is 33.4 Å². The molecule has 94 valence electrons. The van der Waals surface area contributed by atoms with Gasteiger partial charge in [-0.1, -0.05) is 22.0 Å². The summed E-state index contributed by atoms with van der Waals surface area (Å²) in [5.74, 6) is 5.70. The van der Waals surface area contributed by atoms with E-state index in [2.05, 4.69) is 34.3 Å². The standard InChI is InChI=1S/C13H14BrN3O/c1-7-2-3-9(14)11-12(7)16-10-4-5-18-6-8(10)13(11)17-15/h2-3H,4-6,15H2,1H3,(H,16,17). The van der Waals surface area contributed by atoms with Gasteiger partial charge in [-0.2, -0.15) is 0 Å². The molecule has 0 spiro atoms. The maximum Gasteiger partial charge on any atom is 0.0767 e. The lowest BCUT2D eigenvalue weighted by molar-refractivity contribution is 0.110. The van der Waals surface area contributed by atoms with Crippen molar-refractivity contribution >= 4 is 32.5 Å². The van der Waals surface area contributed by atoms with Crippen LogP contribution in [0.1, 0.15) is 16.8 Å². The zero-order valence-electron chi connectivity index (χ0n) is 10.1. The number of hydrazine groups is 1. The highest BCUT2D eigenvalue weighted by atomic mass is 79.9. The molecule has 0 fully saturated rings. The lowest BCUT2D eigenvalue weighted by Gasteiger charge is -2.21. The number of nitrogens with zero attached hydrogens (tertiary/aromatic N) is 1. The van der Waals surface area contributed by atoms with Crippen molar-refractivity contribution in [2.45, 2.75) is 20.0 Å². The summed E-state index contributed by atoms with van der Waals surface area (Å²) in [6, 6.07) is 4.09. The molecule has 0 bridgehead atoms. The van der Waals surface area contributed by atoms with Gasteiger partial charge < -0.3 is 10.2 Å². The third-order valence-electron chi connectivity index (χ3n) is 3.35. The minimum atomic E-state index is 0.568. The number of nitrogens with one attached hydrogen (secondary N) is 1. The number of nitrogens with two attached hydrogens (primary N) is 1. The molecule has 0 saturated carbocycles. The summed E-state index contributed by atoms with van der Waals surface area (Å²) >= 11 is 3.57. The Morgan fingerprint density at radius 3 is 3.06 bits per heavy atom. The molecule has 1 aromatic heterocycles. The zero-order chi connectivity index (χ0) is 12.7. The van der Waals surface area contributed by atoms with Crippen LogP contribution in [0.15, 0.2) is 16.6 Å². The van der Waals surface area contributed by atoms with Crippen LogP contribution in [0, 0.1) is 6.92 Å². The van der Waals surface area contributed by atoms with Gasteiger partial charge in [-0.25, -0.2) is 0 Å².